The molecule has 10 nitrogen and oxygen atoms in total. The van der Waals surface area contributed by atoms with E-state index in [0.717, 1.165) is 11.1 Å². The first-order valence-electron chi connectivity index (χ1n) is 16.0. The molecule has 0 spiro atoms. The molecule has 0 aliphatic rings. The van der Waals surface area contributed by atoms with Gasteiger partial charge < -0.3 is 26.2 Å². The van der Waals surface area contributed by atoms with E-state index in [2.05, 4.69) is 20.9 Å². The highest BCUT2D eigenvalue weighted by Gasteiger charge is 2.27. The van der Waals surface area contributed by atoms with Crippen LogP contribution in [0, 0.1) is 0 Å². The van der Waals surface area contributed by atoms with Crippen LogP contribution in [0.5, 0.6) is 0 Å². The quantitative estimate of drug-likeness (QED) is 0.0982. The maximum atomic E-state index is 13.8. The van der Waals surface area contributed by atoms with Gasteiger partial charge in [0.2, 0.25) is 0 Å². The average molecular weight is 658 g/mol. The molecular formula is C39H39N5O5. The van der Waals surface area contributed by atoms with Gasteiger partial charge in [0.15, 0.2) is 0 Å². The van der Waals surface area contributed by atoms with Gasteiger partial charge in [-0.15, -0.1) is 0 Å². The molecule has 0 aliphatic heterocycles. The highest BCUT2D eigenvalue weighted by atomic mass is 16.5. The van der Waals surface area contributed by atoms with Crippen molar-refractivity contribution < 1.29 is 24.2 Å². The van der Waals surface area contributed by atoms with Crippen molar-refractivity contribution in [3.63, 3.8) is 0 Å². The second kappa shape index (κ2) is 17.2. The molecule has 0 fully saturated rings. The highest BCUT2D eigenvalue weighted by Crippen LogP contribution is 2.19. The van der Waals surface area contributed by atoms with Crippen molar-refractivity contribution in [2.75, 3.05) is 11.1 Å². The number of aliphatic hydroxyl groups excluding tert-OH is 1. The first-order chi connectivity index (χ1) is 23.8. The Labute approximate surface area is 285 Å². The third kappa shape index (κ3) is 10.5. The second-order valence-corrected chi connectivity index (χ2v) is 11.6. The third-order valence-electron chi connectivity index (χ3n) is 7.90. The number of anilines is 2. The van der Waals surface area contributed by atoms with Crippen LogP contribution in [0.4, 0.5) is 16.2 Å². The Hall–Kier alpha value is -6.00. The number of carbonyl (C=O) groups is 3. The van der Waals surface area contributed by atoms with Crippen molar-refractivity contribution in [3.05, 3.63) is 162 Å². The number of nitrogens with two attached hydrogens (primary N) is 1. The number of rotatable bonds is 14. The summed E-state index contributed by atoms with van der Waals surface area (Å²) in [5, 5.41) is 20.4. The average Bonchev–Trinajstić information content (AvgIpc) is 3.12. The fraction of sp³-hybridized carbons (Fsp3) is 0.179. The molecular weight excluding hydrogens is 618 g/mol. The summed E-state index contributed by atoms with van der Waals surface area (Å²) in [6.07, 6.45) is 0.714. The van der Waals surface area contributed by atoms with Crippen LogP contribution < -0.4 is 21.7 Å². The summed E-state index contributed by atoms with van der Waals surface area (Å²) in [5.74, 6) is -0.817. The van der Waals surface area contributed by atoms with Crippen molar-refractivity contribution in [2.45, 2.75) is 44.1 Å². The number of aliphatic hydroxyl groups is 1. The number of amides is 3. The number of ether oxygens (including phenoxy) is 1. The Bertz CT molecular complexity index is 1820. The Morgan fingerprint density at radius 2 is 1.41 bits per heavy atom. The van der Waals surface area contributed by atoms with Crippen LogP contribution in [0.1, 0.15) is 44.0 Å². The number of carbonyl (C=O) groups excluding carboxylic acids is 3. The van der Waals surface area contributed by atoms with Crippen LogP contribution >= 0.6 is 0 Å². The van der Waals surface area contributed by atoms with Gasteiger partial charge in [-0.25, -0.2) is 4.79 Å². The van der Waals surface area contributed by atoms with Gasteiger partial charge >= 0.3 is 6.09 Å². The van der Waals surface area contributed by atoms with E-state index in [9.17, 15) is 19.5 Å². The van der Waals surface area contributed by atoms with E-state index in [-0.39, 0.29) is 30.2 Å². The molecule has 1 heterocycles. The number of benzene rings is 4. The van der Waals surface area contributed by atoms with Gasteiger partial charge in [-0.2, -0.15) is 0 Å². The van der Waals surface area contributed by atoms with Crippen molar-refractivity contribution in [3.8, 4) is 0 Å². The van der Waals surface area contributed by atoms with Crippen LogP contribution in [-0.2, 0) is 24.2 Å². The van der Waals surface area contributed by atoms with Crippen molar-refractivity contribution >= 4 is 29.3 Å². The minimum absolute atomic E-state index is 0.0313. The SMILES string of the molecule is Nc1cccc(C(=O)N[C@@H](Cc2ccccc2)[C@@H](O)C[C@H](Cc2ccccc2)NC(=O)c2ccccc2NC(=O)OCc2ccccn2)c1. The van der Waals surface area contributed by atoms with E-state index in [1.54, 1.807) is 72.9 Å². The van der Waals surface area contributed by atoms with Gasteiger partial charge in [-0.3, -0.25) is 19.9 Å². The Morgan fingerprint density at radius 1 is 0.735 bits per heavy atom. The molecule has 0 radical (unpaired) electrons. The molecule has 0 bridgehead atoms. The van der Waals surface area contributed by atoms with Crippen molar-refractivity contribution in [2.24, 2.45) is 0 Å². The standard InChI is InChI=1S/C39H39N5O5/c40-30-17-11-16-29(24-30)37(46)43-35(23-28-14-5-2-6-15-28)36(45)25-32(22-27-12-3-1-4-13-27)42-38(47)33-19-7-8-20-34(33)44-39(48)49-26-31-18-9-10-21-41-31/h1-21,24,32,35-36,45H,22-23,25-26,40H2,(H,42,47)(H,43,46)(H,44,48)/t32-,35-,36-/m0/s1. The van der Waals surface area contributed by atoms with Gasteiger partial charge in [0.05, 0.1) is 29.1 Å². The molecule has 0 saturated heterocycles. The third-order valence-corrected chi connectivity index (χ3v) is 7.90. The lowest BCUT2D eigenvalue weighted by molar-refractivity contribution is 0.0755. The summed E-state index contributed by atoms with van der Waals surface area (Å²) in [6.45, 7) is -0.0313. The molecule has 3 amide bonds. The first kappa shape index (κ1) is 34.3. The number of hydrogen-bond acceptors (Lipinski definition) is 7. The van der Waals surface area contributed by atoms with E-state index in [1.165, 1.54) is 0 Å². The van der Waals surface area contributed by atoms with Gasteiger partial charge in [-0.1, -0.05) is 84.9 Å². The topological polar surface area (TPSA) is 156 Å². The molecule has 0 unspecified atom stereocenters. The maximum Gasteiger partial charge on any atom is 0.412 e. The number of nitrogens with one attached hydrogen (secondary N) is 3. The van der Waals surface area contributed by atoms with Crippen LogP contribution in [0.3, 0.4) is 0 Å². The van der Waals surface area contributed by atoms with E-state index in [0.29, 0.717) is 29.8 Å². The van der Waals surface area contributed by atoms with E-state index in [1.807, 2.05) is 60.7 Å². The Kier molecular flexibility index (Phi) is 12.1. The predicted molar refractivity (Wildman–Crippen MR) is 189 cm³/mol. The zero-order valence-electron chi connectivity index (χ0n) is 26.9. The van der Waals surface area contributed by atoms with E-state index < -0.39 is 30.2 Å². The van der Waals surface area contributed by atoms with Gasteiger partial charge in [0.1, 0.15) is 6.61 Å². The summed E-state index contributed by atoms with van der Waals surface area (Å²) in [4.78, 5) is 43.9. The largest absolute Gasteiger partial charge is 0.443 e. The monoisotopic (exact) mass is 657 g/mol. The van der Waals surface area contributed by atoms with E-state index >= 15 is 0 Å². The molecule has 0 aliphatic carbocycles. The molecule has 250 valence electrons. The first-order valence-corrected chi connectivity index (χ1v) is 16.0. The number of nitrogen functional groups attached to an aromatic ring is 1. The zero-order valence-corrected chi connectivity index (χ0v) is 26.9. The van der Waals surface area contributed by atoms with Crippen molar-refractivity contribution in [1.82, 2.24) is 15.6 Å². The fourth-order valence-corrected chi connectivity index (χ4v) is 5.45. The predicted octanol–water partition coefficient (Wildman–Crippen LogP) is 5.55. The number of para-hydroxylation sites is 1. The number of hydrogen-bond donors (Lipinski definition) is 5. The van der Waals surface area contributed by atoms with Gasteiger partial charge in [-0.05, 0) is 72.9 Å². The number of pyridine rings is 1. The van der Waals surface area contributed by atoms with Gasteiger partial charge in [0, 0.05) is 23.5 Å². The lowest BCUT2D eigenvalue weighted by Gasteiger charge is -2.29. The number of nitrogens with zero attached hydrogens (tertiary/aromatic N) is 1. The Morgan fingerprint density at radius 3 is 2.10 bits per heavy atom. The summed E-state index contributed by atoms with van der Waals surface area (Å²) in [7, 11) is 0. The lowest BCUT2D eigenvalue weighted by atomic mass is 9.93. The summed E-state index contributed by atoms with van der Waals surface area (Å²) in [6, 6.07) is 36.5. The second-order valence-electron chi connectivity index (χ2n) is 11.6. The molecule has 4 aromatic carbocycles. The Balaban J connectivity index is 1.33. The molecule has 5 aromatic rings. The summed E-state index contributed by atoms with van der Waals surface area (Å²) < 4.78 is 5.31. The normalized spacial score (nSPS) is 12.6. The summed E-state index contributed by atoms with van der Waals surface area (Å²) >= 11 is 0. The van der Waals surface area contributed by atoms with Gasteiger partial charge in [0.25, 0.3) is 11.8 Å². The molecule has 5 rings (SSSR count). The minimum atomic E-state index is -1.05. The van der Waals surface area contributed by atoms with Crippen LogP contribution in [0.15, 0.2) is 134 Å². The molecule has 1 aromatic heterocycles. The van der Waals surface area contributed by atoms with E-state index in [4.69, 9.17) is 10.5 Å². The zero-order chi connectivity index (χ0) is 34.4. The highest BCUT2D eigenvalue weighted by molar-refractivity contribution is 6.02. The lowest BCUT2D eigenvalue weighted by Crippen LogP contribution is -2.48. The number of aromatic nitrogens is 1. The molecule has 10 heteroatoms. The minimum Gasteiger partial charge on any atom is -0.443 e. The molecule has 49 heavy (non-hydrogen) atoms. The molecule has 0 saturated carbocycles. The smallest absolute Gasteiger partial charge is 0.412 e. The fourth-order valence-electron chi connectivity index (χ4n) is 5.45. The van der Waals surface area contributed by atoms with Crippen LogP contribution in [-0.4, -0.2) is 46.2 Å². The molecule has 3 atom stereocenters. The molecule has 6 N–H and O–H groups in total. The van der Waals surface area contributed by atoms with Crippen LogP contribution in [0.2, 0.25) is 0 Å². The van der Waals surface area contributed by atoms with Crippen molar-refractivity contribution in [1.29, 1.82) is 0 Å². The maximum absolute atomic E-state index is 13.8. The van der Waals surface area contributed by atoms with Crippen LogP contribution in [0.25, 0.3) is 0 Å². The summed E-state index contributed by atoms with van der Waals surface area (Å²) in [5.41, 5.74) is 9.70.